The first kappa shape index (κ1) is 11.8. The highest BCUT2D eigenvalue weighted by Crippen LogP contribution is 2.20. The van der Waals surface area contributed by atoms with Crippen molar-refractivity contribution in [2.45, 2.75) is 13.3 Å². The summed E-state index contributed by atoms with van der Waals surface area (Å²) >= 11 is 0. The first-order valence-corrected chi connectivity index (χ1v) is 5.82. The van der Waals surface area contributed by atoms with Crippen LogP contribution >= 0.6 is 0 Å². The van der Waals surface area contributed by atoms with Crippen LogP contribution in [-0.2, 0) is 4.79 Å². The largest absolute Gasteiger partial charge is 0.465 e. The molecule has 1 N–H and O–H groups in total. The molecular formula is C11H17N3O3. The van der Waals surface area contributed by atoms with Gasteiger partial charge in [-0.05, 0) is 13.3 Å². The molecule has 0 bridgehead atoms. The molecule has 2 amide bonds. The van der Waals surface area contributed by atoms with Crippen molar-refractivity contribution in [1.29, 1.82) is 0 Å². The van der Waals surface area contributed by atoms with Crippen LogP contribution in [0.5, 0.6) is 0 Å². The van der Waals surface area contributed by atoms with Crippen LogP contribution in [0.25, 0.3) is 0 Å². The van der Waals surface area contributed by atoms with Crippen molar-refractivity contribution in [3.8, 4) is 0 Å². The van der Waals surface area contributed by atoms with Crippen molar-refractivity contribution in [2.24, 2.45) is 5.92 Å². The normalized spacial score (nSPS) is 23.6. The van der Waals surface area contributed by atoms with Gasteiger partial charge < -0.3 is 14.9 Å². The van der Waals surface area contributed by atoms with Crippen molar-refractivity contribution in [2.75, 3.05) is 26.3 Å². The van der Waals surface area contributed by atoms with Crippen LogP contribution < -0.4 is 0 Å². The van der Waals surface area contributed by atoms with E-state index in [2.05, 4.69) is 0 Å². The van der Waals surface area contributed by atoms with Gasteiger partial charge in [0.05, 0.1) is 12.6 Å². The molecule has 94 valence electrons. The number of carbonyl (C=O) groups excluding carboxylic acids is 1. The molecular weight excluding hydrogens is 222 g/mol. The van der Waals surface area contributed by atoms with Gasteiger partial charge >= 0.3 is 6.09 Å². The quantitative estimate of drug-likeness (QED) is 0.765. The van der Waals surface area contributed by atoms with E-state index in [1.165, 1.54) is 4.90 Å². The Labute approximate surface area is 100 Å². The number of amides is 2. The molecule has 0 aromatic carbocycles. The maximum Gasteiger partial charge on any atom is 0.407 e. The molecule has 0 aromatic rings. The van der Waals surface area contributed by atoms with E-state index >= 15 is 0 Å². The molecule has 1 atom stereocenters. The molecule has 0 spiro atoms. The van der Waals surface area contributed by atoms with E-state index in [9.17, 15) is 9.59 Å². The van der Waals surface area contributed by atoms with Crippen LogP contribution in [-0.4, -0.2) is 58.1 Å². The summed E-state index contributed by atoms with van der Waals surface area (Å²) in [6.07, 6.45) is 3.35. The summed E-state index contributed by atoms with van der Waals surface area (Å²) in [6, 6.07) is 0. The van der Waals surface area contributed by atoms with E-state index in [0.717, 1.165) is 6.54 Å². The Kier molecular flexibility index (Phi) is 3.21. The average Bonchev–Trinajstić information content (AvgIpc) is 2.97. The van der Waals surface area contributed by atoms with E-state index < -0.39 is 6.09 Å². The summed E-state index contributed by atoms with van der Waals surface area (Å²) in [5.74, 6) is -0.159. The smallest absolute Gasteiger partial charge is 0.407 e. The molecule has 1 unspecified atom stereocenters. The summed E-state index contributed by atoms with van der Waals surface area (Å²) in [7, 11) is 0. The van der Waals surface area contributed by atoms with E-state index in [1.807, 2.05) is 18.0 Å². The van der Waals surface area contributed by atoms with Gasteiger partial charge in [-0.3, -0.25) is 9.69 Å². The molecule has 17 heavy (non-hydrogen) atoms. The van der Waals surface area contributed by atoms with E-state index in [4.69, 9.17) is 5.11 Å². The van der Waals surface area contributed by atoms with Gasteiger partial charge in [0.2, 0.25) is 5.91 Å². The third-order valence-electron chi connectivity index (χ3n) is 3.29. The SMILES string of the molecule is CCN1C=CN(C(=O)C2CCN(C(=O)O)C2)C1. The van der Waals surface area contributed by atoms with Crippen molar-refractivity contribution >= 4 is 12.0 Å². The van der Waals surface area contributed by atoms with Gasteiger partial charge in [0.1, 0.15) is 0 Å². The molecule has 6 heteroatoms. The molecule has 2 rings (SSSR count). The van der Waals surface area contributed by atoms with Gasteiger partial charge in [-0.25, -0.2) is 4.79 Å². The minimum Gasteiger partial charge on any atom is -0.465 e. The van der Waals surface area contributed by atoms with Gasteiger partial charge in [0.15, 0.2) is 0 Å². The lowest BCUT2D eigenvalue weighted by atomic mass is 10.1. The fourth-order valence-corrected chi connectivity index (χ4v) is 2.18. The number of nitrogens with zero attached hydrogens (tertiary/aromatic N) is 3. The van der Waals surface area contributed by atoms with Crippen molar-refractivity contribution < 1.29 is 14.7 Å². The zero-order valence-corrected chi connectivity index (χ0v) is 9.87. The summed E-state index contributed by atoms with van der Waals surface area (Å²) in [5.41, 5.74) is 0. The monoisotopic (exact) mass is 239 g/mol. The standard InChI is InChI=1S/C11H17N3O3/c1-2-12-5-6-14(8-12)10(15)9-3-4-13(7-9)11(16)17/h5-6,9H,2-4,7-8H2,1H3,(H,16,17). The van der Waals surface area contributed by atoms with Gasteiger partial charge in [0.25, 0.3) is 0 Å². The number of hydrogen-bond acceptors (Lipinski definition) is 3. The highest BCUT2D eigenvalue weighted by molar-refractivity contribution is 5.81. The molecule has 1 saturated heterocycles. The van der Waals surface area contributed by atoms with E-state index in [-0.39, 0.29) is 11.8 Å². The van der Waals surface area contributed by atoms with Crippen LogP contribution in [0.15, 0.2) is 12.4 Å². The molecule has 2 heterocycles. The van der Waals surface area contributed by atoms with Crippen molar-refractivity contribution in [3.63, 3.8) is 0 Å². The second-order valence-corrected chi connectivity index (χ2v) is 4.37. The fraction of sp³-hybridized carbons (Fsp3) is 0.636. The number of carboxylic acid groups (broad SMARTS) is 1. The summed E-state index contributed by atoms with van der Waals surface area (Å²) in [4.78, 5) is 27.9. The maximum absolute atomic E-state index is 12.1. The summed E-state index contributed by atoms with van der Waals surface area (Å²) in [6.45, 7) is 4.26. The van der Waals surface area contributed by atoms with Gasteiger partial charge in [0, 0.05) is 32.0 Å². The number of likely N-dealkylation sites (tertiary alicyclic amines) is 1. The second kappa shape index (κ2) is 4.65. The van der Waals surface area contributed by atoms with Crippen LogP contribution in [0.1, 0.15) is 13.3 Å². The van der Waals surface area contributed by atoms with Crippen molar-refractivity contribution in [1.82, 2.24) is 14.7 Å². The highest BCUT2D eigenvalue weighted by atomic mass is 16.4. The number of rotatable bonds is 2. The Morgan fingerprint density at radius 2 is 2.18 bits per heavy atom. The predicted octanol–water partition coefficient (Wildman–Crippen LogP) is 0.579. The third-order valence-corrected chi connectivity index (χ3v) is 3.29. The van der Waals surface area contributed by atoms with Crippen LogP contribution in [0.3, 0.4) is 0 Å². The fourth-order valence-electron chi connectivity index (χ4n) is 2.18. The first-order chi connectivity index (χ1) is 8.11. The minimum atomic E-state index is -0.938. The highest BCUT2D eigenvalue weighted by Gasteiger charge is 2.34. The summed E-state index contributed by atoms with van der Waals surface area (Å²) in [5, 5.41) is 8.84. The van der Waals surface area contributed by atoms with Gasteiger partial charge in [-0.2, -0.15) is 0 Å². The zero-order chi connectivity index (χ0) is 12.4. The predicted molar refractivity (Wildman–Crippen MR) is 60.9 cm³/mol. The number of hydrogen-bond donors (Lipinski definition) is 1. The second-order valence-electron chi connectivity index (χ2n) is 4.37. The Balaban J connectivity index is 1.90. The Bertz CT molecular complexity index is 356. The molecule has 0 radical (unpaired) electrons. The first-order valence-electron chi connectivity index (χ1n) is 5.82. The van der Waals surface area contributed by atoms with Crippen LogP contribution in [0, 0.1) is 5.92 Å². The number of carbonyl (C=O) groups is 2. The van der Waals surface area contributed by atoms with E-state index in [1.54, 1.807) is 11.1 Å². The molecule has 2 aliphatic heterocycles. The maximum atomic E-state index is 12.1. The zero-order valence-electron chi connectivity index (χ0n) is 9.87. The van der Waals surface area contributed by atoms with Crippen molar-refractivity contribution in [3.05, 3.63) is 12.4 Å². The molecule has 6 nitrogen and oxygen atoms in total. The topological polar surface area (TPSA) is 64.1 Å². The lowest BCUT2D eigenvalue weighted by Crippen LogP contribution is -2.36. The Morgan fingerprint density at radius 3 is 2.71 bits per heavy atom. The Morgan fingerprint density at radius 1 is 1.41 bits per heavy atom. The lowest BCUT2D eigenvalue weighted by Gasteiger charge is -2.21. The van der Waals surface area contributed by atoms with Crippen LogP contribution in [0.4, 0.5) is 4.79 Å². The average molecular weight is 239 g/mol. The Hall–Kier alpha value is -1.72. The molecule has 1 fully saturated rings. The molecule has 0 aromatic heterocycles. The minimum absolute atomic E-state index is 0.0287. The van der Waals surface area contributed by atoms with Gasteiger partial charge in [-0.1, -0.05) is 0 Å². The third kappa shape index (κ3) is 2.35. The van der Waals surface area contributed by atoms with Gasteiger partial charge in [-0.15, -0.1) is 0 Å². The molecule has 2 aliphatic rings. The summed E-state index contributed by atoms with van der Waals surface area (Å²) < 4.78 is 0. The van der Waals surface area contributed by atoms with Crippen LogP contribution in [0.2, 0.25) is 0 Å². The lowest BCUT2D eigenvalue weighted by molar-refractivity contribution is -0.132. The molecule has 0 aliphatic carbocycles. The van der Waals surface area contributed by atoms with E-state index in [0.29, 0.717) is 26.2 Å². The molecule has 0 saturated carbocycles.